The van der Waals surface area contributed by atoms with Crippen molar-refractivity contribution >= 4 is 22.6 Å². The molecule has 0 spiro atoms. The summed E-state index contributed by atoms with van der Waals surface area (Å²) < 4.78 is 1.57. The smallest absolute Gasteiger partial charge is 0.214 e. The number of nitrogens with one attached hydrogen (secondary N) is 2. The van der Waals surface area contributed by atoms with E-state index in [1.165, 1.54) is 6.20 Å². The van der Waals surface area contributed by atoms with Gasteiger partial charge in [-0.15, -0.1) is 0 Å². The highest BCUT2D eigenvalue weighted by atomic mass is 16.1. The van der Waals surface area contributed by atoms with Gasteiger partial charge in [0.15, 0.2) is 0 Å². The molecule has 4 N–H and O–H groups in total. The van der Waals surface area contributed by atoms with Gasteiger partial charge in [0.25, 0.3) is 0 Å². The van der Waals surface area contributed by atoms with Gasteiger partial charge in [-0.05, 0) is 42.3 Å². The molecule has 0 aliphatic carbocycles. The number of carbonyl (C=O) groups excluding carboxylic acids is 1. The molecule has 0 unspecified atom stereocenters. The average Bonchev–Trinajstić information content (AvgIpc) is 3.60. The molecule has 0 amide bonds. The van der Waals surface area contributed by atoms with Gasteiger partial charge in [-0.3, -0.25) is 4.79 Å². The summed E-state index contributed by atoms with van der Waals surface area (Å²) in [6.45, 7) is 1.91. The lowest BCUT2D eigenvalue weighted by Crippen LogP contribution is -2.07. The monoisotopic (exact) mass is 458 g/mol. The number of hydrogen-bond donors (Lipinski definition) is 3. The number of nitrogens with zero attached hydrogens (tertiary/aromatic N) is 3. The van der Waals surface area contributed by atoms with Gasteiger partial charge < -0.3 is 15.7 Å². The molecule has 170 valence electrons. The molecule has 0 aliphatic rings. The van der Waals surface area contributed by atoms with Gasteiger partial charge in [0.05, 0.1) is 39.9 Å². The summed E-state index contributed by atoms with van der Waals surface area (Å²) in [7, 11) is 0. The van der Waals surface area contributed by atoms with Crippen LogP contribution in [0.2, 0.25) is 0 Å². The number of nitrogen functional groups attached to an aromatic ring is 1. The van der Waals surface area contributed by atoms with E-state index < -0.39 is 0 Å². The van der Waals surface area contributed by atoms with Gasteiger partial charge in [-0.1, -0.05) is 60.7 Å². The van der Waals surface area contributed by atoms with Crippen LogP contribution < -0.4 is 5.73 Å². The Bertz CT molecular complexity index is 1620. The molecule has 6 aromatic rings. The van der Waals surface area contributed by atoms with E-state index in [0.717, 1.165) is 44.9 Å². The summed E-state index contributed by atoms with van der Waals surface area (Å²) >= 11 is 0. The van der Waals surface area contributed by atoms with Crippen molar-refractivity contribution in [1.29, 1.82) is 0 Å². The van der Waals surface area contributed by atoms with Crippen molar-refractivity contribution in [3.05, 3.63) is 108 Å². The minimum atomic E-state index is -0.216. The summed E-state index contributed by atoms with van der Waals surface area (Å²) in [5.41, 5.74) is 13.6. The maximum atomic E-state index is 13.6. The van der Waals surface area contributed by atoms with Crippen LogP contribution in [0.5, 0.6) is 0 Å². The first kappa shape index (κ1) is 20.7. The van der Waals surface area contributed by atoms with Crippen molar-refractivity contribution in [2.75, 3.05) is 5.73 Å². The fourth-order valence-electron chi connectivity index (χ4n) is 4.40. The Morgan fingerprint density at radius 2 is 1.60 bits per heavy atom. The number of aryl methyl sites for hydroxylation is 1. The second-order valence-corrected chi connectivity index (χ2v) is 8.41. The molecule has 0 saturated heterocycles. The zero-order valence-corrected chi connectivity index (χ0v) is 19.0. The first-order valence-corrected chi connectivity index (χ1v) is 11.3. The molecular weight excluding hydrogens is 436 g/mol. The Morgan fingerprint density at radius 3 is 2.34 bits per heavy atom. The molecule has 3 aromatic heterocycles. The van der Waals surface area contributed by atoms with Crippen LogP contribution in [0.3, 0.4) is 0 Å². The molecule has 0 atom stereocenters. The Hall–Kier alpha value is -4.91. The SMILES string of the molecule is Cc1nc2ccc(-n3ncc(C(=O)c4cc(-c5ccccc5)c(-c5ccccc5)[nH]4)c3N)cc2[nH]1. The van der Waals surface area contributed by atoms with Crippen LogP contribution >= 0.6 is 0 Å². The zero-order chi connectivity index (χ0) is 23.9. The lowest BCUT2D eigenvalue weighted by atomic mass is 10.0. The molecule has 3 heterocycles. The molecule has 0 saturated carbocycles. The molecule has 3 aromatic carbocycles. The highest BCUT2D eigenvalue weighted by Gasteiger charge is 2.22. The molecule has 0 bridgehead atoms. The summed E-state index contributed by atoms with van der Waals surface area (Å²) in [6, 6.07) is 27.6. The van der Waals surface area contributed by atoms with Gasteiger partial charge in [0.1, 0.15) is 11.6 Å². The normalized spacial score (nSPS) is 11.2. The van der Waals surface area contributed by atoms with Crippen LogP contribution in [0, 0.1) is 6.92 Å². The van der Waals surface area contributed by atoms with E-state index in [4.69, 9.17) is 5.73 Å². The third kappa shape index (κ3) is 3.59. The average molecular weight is 459 g/mol. The van der Waals surface area contributed by atoms with Crippen LogP contribution in [-0.2, 0) is 0 Å². The largest absolute Gasteiger partial charge is 0.383 e. The summed E-state index contributed by atoms with van der Waals surface area (Å²) in [5, 5.41) is 4.41. The standard InChI is InChI=1S/C28H22N6O/c1-17-31-23-13-12-20(14-24(23)32-17)34-28(29)22(16-30-34)27(35)25-15-21(18-8-4-2-5-9-18)26(33-25)19-10-6-3-7-11-19/h2-16,33H,29H2,1H3,(H,31,32). The predicted octanol–water partition coefficient (Wildman–Crippen LogP) is 5.53. The lowest BCUT2D eigenvalue weighted by molar-refractivity contribution is 0.103. The minimum Gasteiger partial charge on any atom is -0.383 e. The van der Waals surface area contributed by atoms with E-state index in [1.807, 2.05) is 91.9 Å². The number of carbonyl (C=O) groups is 1. The van der Waals surface area contributed by atoms with Crippen molar-refractivity contribution < 1.29 is 4.79 Å². The van der Waals surface area contributed by atoms with Crippen LogP contribution in [-0.4, -0.2) is 30.5 Å². The summed E-state index contributed by atoms with van der Waals surface area (Å²) in [5.74, 6) is 0.894. The fourth-order valence-corrected chi connectivity index (χ4v) is 4.40. The third-order valence-electron chi connectivity index (χ3n) is 6.09. The number of ketones is 1. The van der Waals surface area contributed by atoms with Crippen molar-refractivity contribution in [2.24, 2.45) is 0 Å². The number of H-pyrrole nitrogens is 2. The van der Waals surface area contributed by atoms with Crippen molar-refractivity contribution in [1.82, 2.24) is 24.7 Å². The maximum Gasteiger partial charge on any atom is 0.214 e. The van der Waals surface area contributed by atoms with Gasteiger partial charge >= 0.3 is 0 Å². The highest BCUT2D eigenvalue weighted by molar-refractivity contribution is 6.12. The fraction of sp³-hybridized carbons (Fsp3) is 0.0357. The number of anilines is 1. The molecule has 35 heavy (non-hydrogen) atoms. The van der Waals surface area contributed by atoms with Crippen LogP contribution in [0.15, 0.2) is 91.1 Å². The molecule has 6 rings (SSSR count). The van der Waals surface area contributed by atoms with Crippen molar-refractivity contribution in [3.63, 3.8) is 0 Å². The van der Waals surface area contributed by atoms with Crippen LogP contribution in [0.4, 0.5) is 5.82 Å². The van der Waals surface area contributed by atoms with E-state index in [-0.39, 0.29) is 11.6 Å². The molecular formula is C28H22N6O. The maximum absolute atomic E-state index is 13.6. The Morgan fingerprint density at radius 1 is 0.886 bits per heavy atom. The topological polar surface area (TPSA) is 105 Å². The molecule has 7 heteroatoms. The van der Waals surface area contributed by atoms with Gasteiger partial charge in [0.2, 0.25) is 5.78 Å². The number of imidazole rings is 1. The molecule has 0 aliphatic heterocycles. The van der Waals surface area contributed by atoms with Gasteiger partial charge in [-0.2, -0.15) is 5.10 Å². The number of aromatic amines is 2. The summed E-state index contributed by atoms with van der Waals surface area (Å²) in [6.07, 6.45) is 1.52. The second kappa shape index (κ2) is 8.14. The van der Waals surface area contributed by atoms with Crippen LogP contribution in [0.25, 0.3) is 39.1 Å². The highest BCUT2D eigenvalue weighted by Crippen LogP contribution is 2.33. The molecule has 0 radical (unpaired) electrons. The summed E-state index contributed by atoms with van der Waals surface area (Å²) in [4.78, 5) is 24.6. The molecule has 7 nitrogen and oxygen atoms in total. The second-order valence-electron chi connectivity index (χ2n) is 8.41. The van der Waals surface area contributed by atoms with Crippen molar-refractivity contribution in [2.45, 2.75) is 6.92 Å². The zero-order valence-electron chi connectivity index (χ0n) is 19.0. The van der Waals surface area contributed by atoms with Gasteiger partial charge in [-0.25, -0.2) is 9.67 Å². The number of rotatable bonds is 5. The van der Waals surface area contributed by atoms with E-state index in [2.05, 4.69) is 20.1 Å². The number of hydrogen-bond acceptors (Lipinski definition) is 4. The number of benzene rings is 3. The Labute approximate surface area is 201 Å². The van der Waals surface area contributed by atoms with Crippen molar-refractivity contribution in [3.8, 4) is 28.1 Å². The van der Waals surface area contributed by atoms with E-state index in [0.29, 0.717) is 11.3 Å². The van der Waals surface area contributed by atoms with E-state index in [9.17, 15) is 4.79 Å². The molecule has 0 fully saturated rings. The van der Waals surface area contributed by atoms with Gasteiger partial charge in [0, 0.05) is 5.56 Å². The quantitative estimate of drug-likeness (QED) is 0.295. The lowest BCUT2D eigenvalue weighted by Gasteiger charge is -2.05. The first-order chi connectivity index (χ1) is 17.1. The van der Waals surface area contributed by atoms with E-state index >= 15 is 0 Å². The number of aromatic nitrogens is 5. The van der Waals surface area contributed by atoms with Crippen LogP contribution in [0.1, 0.15) is 21.9 Å². The first-order valence-electron chi connectivity index (χ1n) is 11.3. The Balaban J connectivity index is 1.41. The predicted molar refractivity (Wildman–Crippen MR) is 137 cm³/mol. The minimum absolute atomic E-state index is 0.216. The number of fused-ring (bicyclic) bond motifs is 1. The third-order valence-corrected chi connectivity index (χ3v) is 6.09. The Kier molecular flexibility index (Phi) is 4.81. The van der Waals surface area contributed by atoms with E-state index in [1.54, 1.807) is 4.68 Å². The number of nitrogens with two attached hydrogens (primary N) is 1.